The maximum atomic E-state index is 11.9. The lowest BCUT2D eigenvalue weighted by Gasteiger charge is -2.13. The number of hydrogen-bond donors (Lipinski definition) is 1. The maximum Gasteiger partial charge on any atom is 0.283 e. The monoisotopic (exact) mass is 318 g/mol. The molecule has 0 aromatic carbocycles. The van der Waals surface area contributed by atoms with Crippen molar-refractivity contribution in [1.82, 2.24) is 14.7 Å². The van der Waals surface area contributed by atoms with Gasteiger partial charge in [0.1, 0.15) is 4.47 Å². The molecule has 18 heavy (non-hydrogen) atoms. The summed E-state index contributed by atoms with van der Waals surface area (Å²) in [6, 6.07) is 0. The van der Waals surface area contributed by atoms with Gasteiger partial charge in [-0.15, -0.1) is 0 Å². The van der Waals surface area contributed by atoms with Crippen molar-refractivity contribution < 1.29 is 4.74 Å². The summed E-state index contributed by atoms with van der Waals surface area (Å²) in [4.78, 5) is 14.0. The SMILES string of the molecule is COCCn1ncc(NCCN(C)C)c(Br)c1=O. The highest BCUT2D eigenvalue weighted by Gasteiger charge is 2.08. The molecule has 0 bridgehead atoms. The van der Waals surface area contributed by atoms with Crippen LogP contribution in [0.25, 0.3) is 0 Å². The van der Waals surface area contributed by atoms with Crippen molar-refractivity contribution in [2.75, 3.05) is 46.2 Å². The molecule has 0 spiro atoms. The summed E-state index contributed by atoms with van der Waals surface area (Å²) in [5.41, 5.74) is 0.567. The molecule has 0 aliphatic heterocycles. The molecular formula is C11H19BrN4O2. The topological polar surface area (TPSA) is 59.4 Å². The van der Waals surface area contributed by atoms with Crippen molar-refractivity contribution in [3.05, 3.63) is 21.0 Å². The molecule has 0 aliphatic carbocycles. The molecule has 1 aromatic rings. The van der Waals surface area contributed by atoms with E-state index in [9.17, 15) is 4.79 Å². The normalized spacial score (nSPS) is 10.9. The zero-order valence-corrected chi connectivity index (χ0v) is 12.5. The van der Waals surface area contributed by atoms with Crippen LogP contribution in [0.4, 0.5) is 5.69 Å². The van der Waals surface area contributed by atoms with Gasteiger partial charge in [-0.25, -0.2) is 4.68 Å². The Balaban J connectivity index is 2.71. The third kappa shape index (κ3) is 4.40. The van der Waals surface area contributed by atoms with E-state index in [4.69, 9.17) is 4.74 Å². The van der Waals surface area contributed by atoms with Crippen molar-refractivity contribution in [2.45, 2.75) is 6.54 Å². The summed E-state index contributed by atoms with van der Waals surface area (Å²) in [5, 5.41) is 7.27. The third-order valence-electron chi connectivity index (χ3n) is 2.37. The second-order valence-electron chi connectivity index (χ2n) is 4.12. The van der Waals surface area contributed by atoms with Crippen LogP contribution in [0.1, 0.15) is 0 Å². The summed E-state index contributed by atoms with van der Waals surface area (Å²) in [6.07, 6.45) is 1.65. The Kier molecular flexibility index (Phi) is 6.31. The van der Waals surface area contributed by atoms with E-state index in [1.165, 1.54) is 4.68 Å². The highest BCUT2D eigenvalue weighted by atomic mass is 79.9. The number of nitrogens with zero attached hydrogens (tertiary/aromatic N) is 3. The summed E-state index contributed by atoms with van der Waals surface area (Å²) >= 11 is 3.30. The molecule has 0 fully saturated rings. The molecular weight excluding hydrogens is 300 g/mol. The van der Waals surface area contributed by atoms with Gasteiger partial charge < -0.3 is 15.0 Å². The number of nitrogens with one attached hydrogen (secondary N) is 1. The second-order valence-corrected chi connectivity index (χ2v) is 4.92. The molecule has 1 aromatic heterocycles. The maximum absolute atomic E-state index is 11.9. The first-order valence-corrected chi connectivity index (χ1v) is 6.48. The zero-order valence-electron chi connectivity index (χ0n) is 10.9. The number of aromatic nitrogens is 2. The van der Waals surface area contributed by atoms with Crippen LogP contribution in [-0.2, 0) is 11.3 Å². The molecule has 7 heteroatoms. The zero-order chi connectivity index (χ0) is 13.5. The average Bonchev–Trinajstić information content (AvgIpc) is 2.33. The van der Waals surface area contributed by atoms with E-state index in [1.807, 2.05) is 14.1 Å². The van der Waals surface area contributed by atoms with Crippen molar-refractivity contribution in [3.8, 4) is 0 Å². The van der Waals surface area contributed by atoms with E-state index in [-0.39, 0.29) is 5.56 Å². The summed E-state index contributed by atoms with van der Waals surface area (Å²) < 4.78 is 6.81. The third-order valence-corrected chi connectivity index (χ3v) is 3.13. The van der Waals surface area contributed by atoms with Crippen LogP contribution < -0.4 is 10.9 Å². The van der Waals surface area contributed by atoms with Crippen LogP contribution in [0, 0.1) is 0 Å². The minimum atomic E-state index is -0.151. The Bertz CT molecular complexity index is 434. The number of likely N-dealkylation sites (N-methyl/N-ethyl adjacent to an activating group) is 1. The molecule has 102 valence electrons. The van der Waals surface area contributed by atoms with Gasteiger partial charge in [0.25, 0.3) is 5.56 Å². The fourth-order valence-corrected chi connectivity index (χ4v) is 1.79. The van der Waals surface area contributed by atoms with E-state index >= 15 is 0 Å². The fraction of sp³-hybridized carbons (Fsp3) is 0.636. The molecule has 1 rings (SSSR count). The number of rotatable bonds is 7. The molecule has 0 unspecified atom stereocenters. The Hall–Kier alpha value is -0.920. The predicted molar refractivity (Wildman–Crippen MR) is 75.1 cm³/mol. The first kappa shape index (κ1) is 15.1. The van der Waals surface area contributed by atoms with Gasteiger partial charge >= 0.3 is 0 Å². The first-order valence-electron chi connectivity index (χ1n) is 5.69. The van der Waals surface area contributed by atoms with Gasteiger partial charge in [-0.1, -0.05) is 0 Å². The number of ether oxygens (including phenoxy) is 1. The van der Waals surface area contributed by atoms with Gasteiger partial charge in [0.05, 0.1) is 25.0 Å². The van der Waals surface area contributed by atoms with Gasteiger partial charge in [0.15, 0.2) is 0 Å². The molecule has 0 aliphatic rings. The Morgan fingerprint density at radius 2 is 2.28 bits per heavy atom. The molecule has 1 heterocycles. The highest BCUT2D eigenvalue weighted by Crippen LogP contribution is 2.15. The number of methoxy groups -OCH3 is 1. The predicted octanol–water partition coefficient (Wildman–Crippen LogP) is 0.626. The van der Waals surface area contributed by atoms with Gasteiger partial charge in [0.2, 0.25) is 0 Å². The van der Waals surface area contributed by atoms with E-state index < -0.39 is 0 Å². The van der Waals surface area contributed by atoms with Gasteiger partial charge in [-0.05, 0) is 30.0 Å². The van der Waals surface area contributed by atoms with Crippen molar-refractivity contribution >= 4 is 21.6 Å². The van der Waals surface area contributed by atoms with Crippen molar-refractivity contribution in [1.29, 1.82) is 0 Å². The molecule has 0 radical (unpaired) electrons. The number of hydrogen-bond acceptors (Lipinski definition) is 5. The Morgan fingerprint density at radius 1 is 1.56 bits per heavy atom. The molecule has 0 saturated carbocycles. The van der Waals surface area contributed by atoms with Crippen LogP contribution in [-0.4, -0.2) is 55.6 Å². The van der Waals surface area contributed by atoms with E-state index in [0.29, 0.717) is 17.6 Å². The van der Waals surface area contributed by atoms with Crippen molar-refractivity contribution in [2.24, 2.45) is 0 Å². The minimum Gasteiger partial charge on any atom is -0.383 e. The molecule has 0 atom stereocenters. The van der Waals surface area contributed by atoms with Gasteiger partial charge in [0, 0.05) is 20.2 Å². The summed E-state index contributed by atoms with van der Waals surface area (Å²) in [5.74, 6) is 0. The Morgan fingerprint density at radius 3 is 2.89 bits per heavy atom. The lowest BCUT2D eigenvalue weighted by atomic mass is 10.4. The smallest absolute Gasteiger partial charge is 0.283 e. The van der Waals surface area contributed by atoms with E-state index in [0.717, 1.165) is 18.8 Å². The van der Waals surface area contributed by atoms with Crippen LogP contribution >= 0.6 is 15.9 Å². The van der Waals surface area contributed by atoms with Gasteiger partial charge in [-0.3, -0.25) is 4.79 Å². The number of halogens is 1. The summed E-state index contributed by atoms with van der Waals surface area (Å²) in [7, 11) is 5.59. The first-order chi connectivity index (χ1) is 8.56. The largest absolute Gasteiger partial charge is 0.383 e. The second kappa shape index (κ2) is 7.50. The van der Waals surface area contributed by atoms with Crippen molar-refractivity contribution in [3.63, 3.8) is 0 Å². The van der Waals surface area contributed by atoms with E-state index in [2.05, 4.69) is 31.2 Å². The molecule has 1 N–H and O–H groups in total. The van der Waals surface area contributed by atoms with Crippen LogP contribution in [0.15, 0.2) is 15.5 Å². The van der Waals surface area contributed by atoms with Crippen LogP contribution in [0.5, 0.6) is 0 Å². The van der Waals surface area contributed by atoms with E-state index in [1.54, 1.807) is 13.3 Å². The minimum absolute atomic E-state index is 0.151. The lowest BCUT2D eigenvalue weighted by Crippen LogP contribution is -2.27. The Labute approximate surface area is 115 Å². The van der Waals surface area contributed by atoms with Crippen LogP contribution in [0.3, 0.4) is 0 Å². The number of anilines is 1. The average molecular weight is 319 g/mol. The lowest BCUT2D eigenvalue weighted by molar-refractivity contribution is 0.181. The fourth-order valence-electron chi connectivity index (χ4n) is 1.34. The molecule has 0 amide bonds. The summed E-state index contributed by atoms with van der Waals surface area (Å²) in [6.45, 7) is 2.56. The van der Waals surface area contributed by atoms with Crippen LogP contribution in [0.2, 0.25) is 0 Å². The van der Waals surface area contributed by atoms with Gasteiger partial charge in [-0.2, -0.15) is 5.10 Å². The quantitative estimate of drug-likeness (QED) is 0.799. The molecule has 6 nitrogen and oxygen atoms in total. The molecule has 0 saturated heterocycles. The standard InChI is InChI=1S/C11H19BrN4O2/c1-15(2)5-4-13-9-8-14-16(6-7-18-3)11(17)10(9)12/h8,13H,4-7H2,1-3H3. The highest BCUT2D eigenvalue weighted by molar-refractivity contribution is 9.10.